The molecule has 0 saturated heterocycles. The predicted molar refractivity (Wildman–Crippen MR) is 54.6 cm³/mol. The molecule has 5 nitrogen and oxygen atoms in total. The second kappa shape index (κ2) is 4.86. The molecule has 0 bridgehead atoms. The second-order valence-corrected chi connectivity index (χ2v) is 2.54. The van der Waals surface area contributed by atoms with Crippen LogP contribution in [0.3, 0.4) is 0 Å². The molecule has 0 atom stereocenters. The Morgan fingerprint density at radius 3 is 2.57 bits per heavy atom. The predicted octanol–water partition coefficient (Wildman–Crippen LogP) is 0.959. The molecule has 0 aliphatic rings. The smallest absolute Gasteiger partial charge is 0.335 e. The molecule has 1 rings (SSSR count). The molecule has 1 aromatic carbocycles. The summed E-state index contributed by atoms with van der Waals surface area (Å²) in [5, 5.41) is 15.2. The number of nitrogens with zero attached hydrogens (tertiary/aromatic N) is 1. The largest absolute Gasteiger partial charge is 0.478 e. The van der Waals surface area contributed by atoms with Crippen molar-refractivity contribution in [3.8, 4) is 0 Å². The van der Waals surface area contributed by atoms with E-state index in [0.717, 1.165) is 5.69 Å². The van der Waals surface area contributed by atoms with Crippen LogP contribution in [0.2, 0.25) is 0 Å². The average molecular weight is 193 g/mol. The third-order valence-electron chi connectivity index (χ3n) is 1.52. The lowest BCUT2D eigenvalue weighted by Gasteiger charge is -1.99. The van der Waals surface area contributed by atoms with E-state index in [0.29, 0.717) is 0 Å². The molecule has 0 spiro atoms. The SMILES string of the molecule is CN/C=N\Nc1ccc(C(=O)O)cc1. The summed E-state index contributed by atoms with van der Waals surface area (Å²) in [6, 6.07) is 6.33. The molecular formula is C9H11N3O2. The van der Waals surface area contributed by atoms with E-state index in [1.807, 2.05) is 0 Å². The van der Waals surface area contributed by atoms with Gasteiger partial charge < -0.3 is 10.4 Å². The van der Waals surface area contributed by atoms with Crippen LogP contribution in [-0.4, -0.2) is 24.5 Å². The van der Waals surface area contributed by atoms with Crippen LogP contribution in [0, 0.1) is 0 Å². The van der Waals surface area contributed by atoms with Crippen molar-refractivity contribution in [3.05, 3.63) is 29.8 Å². The van der Waals surface area contributed by atoms with Crippen molar-refractivity contribution in [1.82, 2.24) is 5.32 Å². The summed E-state index contributed by atoms with van der Waals surface area (Å²) in [4.78, 5) is 10.5. The molecule has 1 aromatic rings. The van der Waals surface area contributed by atoms with Gasteiger partial charge in [0.15, 0.2) is 0 Å². The number of hydrogen-bond donors (Lipinski definition) is 3. The van der Waals surface area contributed by atoms with E-state index in [1.54, 1.807) is 19.2 Å². The third-order valence-corrected chi connectivity index (χ3v) is 1.52. The number of rotatable bonds is 4. The zero-order valence-corrected chi connectivity index (χ0v) is 7.69. The normalized spacial score (nSPS) is 10.1. The number of anilines is 1. The van der Waals surface area contributed by atoms with E-state index >= 15 is 0 Å². The lowest BCUT2D eigenvalue weighted by Crippen LogP contribution is -2.03. The van der Waals surface area contributed by atoms with Crippen LogP contribution in [0.15, 0.2) is 29.4 Å². The topological polar surface area (TPSA) is 73.7 Å². The van der Waals surface area contributed by atoms with Gasteiger partial charge in [-0.3, -0.25) is 5.43 Å². The molecular weight excluding hydrogens is 182 g/mol. The Kier molecular flexibility index (Phi) is 3.49. The highest BCUT2D eigenvalue weighted by atomic mass is 16.4. The first-order valence-corrected chi connectivity index (χ1v) is 4.02. The lowest BCUT2D eigenvalue weighted by molar-refractivity contribution is 0.0697. The van der Waals surface area contributed by atoms with Crippen molar-refractivity contribution in [1.29, 1.82) is 0 Å². The molecule has 14 heavy (non-hydrogen) atoms. The number of carboxylic acids is 1. The fourth-order valence-corrected chi connectivity index (χ4v) is 0.859. The fraction of sp³-hybridized carbons (Fsp3) is 0.111. The summed E-state index contributed by atoms with van der Waals surface area (Å²) < 4.78 is 0. The molecule has 0 aliphatic carbocycles. The van der Waals surface area contributed by atoms with Gasteiger partial charge in [0.25, 0.3) is 0 Å². The van der Waals surface area contributed by atoms with Crippen LogP contribution in [0.5, 0.6) is 0 Å². The average Bonchev–Trinajstić information content (AvgIpc) is 2.19. The number of benzene rings is 1. The summed E-state index contributed by atoms with van der Waals surface area (Å²) in [5.41, 5.74) is 3.72. The first kappa shape index (κ1) is 10.0. The number of hydrogen-bond acceptors (Lipinski definition) is 3. The van der Waals surface area contributed by atoms with Gasteiger partial charge in [-0.05, 0) is 24.3 Å². The van der Waals surface area contributed by atoms with Gasteiger partial charge in [-0.15, -0.1) is 0 Å². The summed E-state index contributed by atoms with van der Waals surface area (Å²) in [5.74, 6) is -0.935. The zero-order valence-electron chi connectivity index (χ0n) is 7.69. The van der Waals surface area contributed by atoms with Crippen molar-refractivity contribution in [3.63, 3.8) is 0 Å². The lowest BCUT2D eigenvalue weighted by atomic mass is 10.2. The Bertz CT molecular complexity index is 332. The number of aromatic carboxylic acids is 1. The van der Waals surface area contributed by atoms with Gasteiger partial charge in [-0.1, -0.05) is 0 Å². The van der Waals surface area contributed by atoms with Crippen LogP contribution in [0.25, 0.3) is 0 Å². The fourth-order valence-electron chi connectivity index (χ4n) is 0.859. The Balaban J connectivity index is 2.64. The maximum absolute atomic E-state index is 10.5. The highest BCUT2D eigenvalue weighted by molar-refractivity contribution is 5.87. The maximum atomic E-state index is 10.5. The van der Waals surface area contributed by atoms with Crippen LogP contribution >= 0.6 is 0 Å². The van der Waals surface area contributed by atoms with E-state index in [4.69, 9.17) is 5.11 Å². The summed E-state index contributed by atoms with van der Waals surface area (Å²) in [7, 11) is 1.73. The molecule has 0 radical (unpaired) electrons. The number of carboxylic acid groups (broad SMARTS) is 1. The van der Waals surface area contributed by atoms with E-state index in [-0.39, 0.29) is 5.56 Å². The van der Waals surface area contributed by atoms with E-state index in [2.05, 4.69) is 15.8 Å². The minimum Gasteiger partial charge on any atom is -0.478 e. The van der Waals surface area contributed by atoms with Crippen LogP contribution in [-0.2, 0) is 0 Å². The van der Waals surface area contributed by atoms with Gasteiger partial charge in [0.1, 0.15) is 6.34 Å². The number of hydrazone groups is 1. The van der Waals surface area contributed by atoms with Crippen molar-refractivity contribution < 1.29 is 9.90 Å². The minimum absolute atomic E-state index is 0.258. The minimum atomic E-state index is -0.935. The quantitative estimate of drug-likeness (QED) is 0.378. The molecule has 0 fully saturated rings. The third kappa shape index (κ3) is 2.78. The second-order valence-electron chi connectivity index (χ2n) is 2.54. The van der Waals surface area contributed by atoms with Crippen LogP contribution in [0.4, 0.5) is 5.69 Å². The Morgan fingerprint density at radius 1 is 1.43 bits per heavy atom. The highest BCUT2D eigenvalue weighted by Gasteiger charge is 2.00. The first-order valence-electron chi connectivity index (χ1n) is 4.02. The maximum Gasteiger partial charge on any atom is 0.335 e. The molecule has 74 valence electrons. The standard InChI is InChI=1S/C9H11N3O2/c1-10-6-11-12-8-4-2-7(3-5-8)9(13)14/h2-6,12H,1H3,(H,10,11)(H,13,14). The molecule has 0 amide bonds. The summed E-state index contributed by atoms with van der Waals surface area (Å²) >= 11 is 0. The molecule has 0 unspecified atom stereocenters. The first-order chi connectivity index (χ1) is 6.74. The van der Waals surface area contributed by atoms with E-state index in [9.17, 15) is 4.79 Å². The van der Waals surface area contributed by atoms with Gasteiger partial charge in [-0.2, -0.15) is 5.10 Å². The van der Waals surface area contributed by atoms with Crippen molar-refractivity contribution >= 4 is 18.0 Å². The van der Waals surface area contributed by atoms with E-state index < -0.39 is 5.97 Å². The highest BCUT2D eigenvalue weighted by Crippen LogP contribution is 2.08. The van der Waals surface area contributed by atoms with Crippen molar-refractivity contribution in [2.45, 2.75) is 0 Å². The number of nitrogens with one attached hydrogen (secondary N) is 2. The van der Waals surface area contributed by atoms with E-state index in [1.165, 1.54) is 18.5 Å². The summed E-state index contributed by atoms with van der Waals surface area (Å²) in [6.07, 6.45) is 1.49. The van der Waals surface area contributed by atoms with Gasteiger partial charge in [0.2, 0.25) is 0 Å². The molecule has 0 saturated carbocycles. The van der Waals surface area contributed by atoms with Crippen molar-refractivity contribution in [2.24, 2.45) is 5.10 Å². The Morgan fingerprint density at radius 2 is 2.07 bits per heavy atom. The molecule has 0 heterocycles. The van der Waals surface area contributed by atoms with Gasteiger partial charge >= 0.3 is 5.97 Å². The Hall–Kier alpha value is -2.04. The molecule has 5 heteroatoms. The summed E-state index contributed by atoms with van der Waals surface area (Å²) in [6.45, 7) is 0. The number of carbonyl (C=O) groups is 1. The molecule has 0 aromatic heterocycles. The van der Waals surface area contributed by atoms with Gasteiger partial charge in [0.05, 0.1) is 11.3 Å². The van der Waals surface area contributed by atoms with Crippen LogP contribution in [0.1, 0.15) is 10.4 Å². The molecule has 3 N–H and O–H groups in total. The molecule has 0 aliphatic heterocycles. The van der Waals surface area contributed by atoms with Gasteiger partial charge in [-0.25, -0.2) is 4.79 Å². The van der Waals surface area contributed by atoms with Crippen LogP contribution < -0.4 is 10.7 Å². The monoisotopic (exact) mass is 193 g/mol. The Labute approximate surface area is 81.4 Å². The van der Waals surface area contributed by atoms with Gasteiger partial charge in [0, 0.05) is 7.05 Å². The van der Waals surface area contributed by atoms with Crippen molar-refractivity contribution in [2.75, 3.05) is 12.5 Å². The zero-order chi connectivity index (χ0) is 10.4.